The summed E-state index contributed by atoms with van der Waals surface area (Å²) in [6.45, 7) is 4.79. The van der Waals surface area contributed by atoms with Crippen LogP contribution in [0, 0.1) is 6.92 Å². The number of thiophene rings is 1. The number of ether oxygens (including phenoxy) is 1. The fourth-order valence-corrected chi connectivity index (χ4v) is 3.55. The zero-order valence-corrected chi connectivity index (χ0v) is 15.7. The molecule has 1 aromatic carbocycles. The van der Waals surface area contributed by atoms with Gasteiger partial charge in [-0.15, -0.1) is 11.3 Å². The number of rotatable bonds is 5. The van der Waals surface area contributed by atoms with Crippen LogP contribution in [0.15, 0.2) is 41.8 Å². The lowest BCUT2D eigenvalue weighted by atomic mass is 10.1. The standard InChI is InChI=1S/C20H22N2O3S/c1-3-11-21-20(24)17-13-22(15-6-4-5-7-16(15)25-17)19(23)9-8-18-14(2)10-12-26-18/h4-10,12,17H,3,11,13H2,1-2H3,(H,21,24)/b9-8+/t17-/m0/s1. The maximum Gasteiger partial charge on any atom is 0.262 e. The molecule has 1 aromatic heterocycles. The van der Waals surface area contributed by atoms with E-state index >= 15 is 0 Å². The number of fused-ring (bicyclic) bond motifs is 1. The lowest BCUT2D eigenvalue weighted by molar-refractivity contribution is -0.128. The highest BCUT2D eigenvalue weighted by Gasteiger charge is 2.32. The molecule has 1 aliphatic heterocycles. The first-order chi connectivity index (χ1) is 12.6. The summed E-state index contributed by atoms with van der Waals surface area (Å²) >= 11 is 1.59. The molecule has 1 atom stereocenters. The Hall–Kier alpha value is -2.60. The predicted molar refractivity (Wildman–Crippen MR) is 105 cm³/mol. The van der Waals surface area contributed by atoms with Crippen LogP contribution in [0.2, 0.25) is 0 Å². The summed E-state index contributed by atoms with van der Waals surface area (Å²) in [7, 11) is 0. The maximum atomic E-state index is 12.8. The van der Waals surface area contributed by atoms with Gasteiger partial charge in [-0.2, -0.15) is 0 Å². The van der Waals surface area contributed by atoms with Gasteiger partial charge in [0.05, 0.1) is 12.2 Å². The molecule has 136 valence electrons. The van der Waals surface area contributed by atoms with Gasteiger partial charge in [-0.1, -0.05) is 19.1 Å². The lowest BCUT2D eigenvalue weighted by Crippen LogP contribution is -2.50. The molecule has 1 N–H and O–H groups in total. The Morgan fingerprint density at radius 2 is 2.15 bits per heavy atom. The summed E-state index contributed by atoms with van der Waals surface area (Å²) in [5.74, 6) is 0.184. The number of benzene rings is 1. The number of carbonyl (C=O) groups excluding carboxylic acids is 2. The minimum absolute atomic E-state index is 0.165. The number of amides is 2. The van der Waals surface area contributed by atoms with E-state index in [4.69, 9.17) is 4.74 Å². The third-order valence-electron chi connectivity index (χ3n) is 4.16. The molecular formula is C20H22N2O3S. The second kappa shape index (κ2) is 8.19. The molecule has 0 bridgehead atoms. The SMILES string of the molecule is CCCNC(=O)[C@@H]1CN(C(=O)/C=C/c2sccc2C)c2ccccc2O1. The van der Waals surface area contributed by atoms with Crippen molar-refractivity contribution in [2.24, 2.45) is 0 Å². The number of hydrogen-bond acceptors (Lipinski definition) is 4. The van der Waals surface area contributed by atoms with Gasteiger partial charge in [-0.25, -0.2) is 0 Å². The highest BCUT2D eigenvalue weighted by molar-refractivity contribution is 7.11. The summed E-state index contributed by atoms with van der Waals surface area (Å²) in [6, 6.07) is 9.32. The van der Waals surface area contributed by atoms with Gasteiger partial charge in [0.25, 0.3) is 11.8 Å². The monoisotopic (exact) mass is 370 g/mol. The molecule has 2 amide bonds. The van der Waals surface area contributed by atoms with Gasteiger partial charge >= 0.3 is 0 Å². The van der Waals surface area contributed by atoms with Crippen LogP contribution in [-0.2, 0) is 9.59 Å². The van der Waals surface area contributed by atoms with E-state index in [1.807, 2.05) is 49.6 Å². The van der Waals surface area contributed by atoms with Gasteiger partial charge in [-0.3, -0.25) is 9.59 Å². The van der Waals surface area contributed by atoms with Crippen molar-refractivity contribution in [3.63, 3.8) is 0 Å². The molecule has 0 saturated carbocycles. The third-order valence-corrected chi connectivity index (χ3v) is 5.14. The largest absolute Gasteiger partial charge is 0.477 e. The molecule has 0 unspecified atom stereocenters. The van der Waals surface area contributed by atoms with Crippen LogP contribution >= 0.6 is 11.3 Å². The van der Waals surface area contributed by atoms with Crippen molar-refractivity contribution in [2.75, 3.05) is 18.0 Å². The summed E-state index contributed by atoms with van der Waals surface area (Å²) in [6.07, 6.45) is 3.52. The van der Waals surface area contributed by atoms with Crippen LogP contribution in [0.5, 0.6) is 5.75 Å². The number of nitrogens with zero attached hydrogens (tertiary/aromatic N) is 1. The van der Waals surface area contributed by atoms with E-state index in [1.165, 1.54) is 0 Å². The average Bonchev–Trinajstić information content (AvgIpc) is 3.08. The van der Waals surface area contributed by atoms with Crippen LogP contribution in [0.1, 0.15) is 23.8 Å². The molecule has 2 aromatic rings. The fraction of sp³-hybridized carbons (Fsp3) is 0.300. The van der Waals surface area contributed by atoms with Crippen LogP contribution < -0.4 is 15.0 Å². The summed E-state index contributed by atoms with van der Waals surface area (Å²) < 4.78 is 5.81. The first-order valence-corrected chi connectivity index (χ1v) is 9.55. The average molecular weight is 370 g/mol. The van der Waals surface area contributed by atoms with Gasteiger partial charge in [0.1, 0.15) is 5.75 Å². The number of carbonyl (C=O) groups is 2. The van der Waals surface area contributed by atoms with Crippen LogP contribution in [0.3, 0.4) is 0 Å². The van der Waals surface area contributed by atoms with Crippen molar-refractivity contribution in [1.29, 1.82) is 0 Å². The highest BCUT2D eigenvalue weighted by atomic mass is 32.1. The zero-order valence-electron chi connectivity index (χ0n) is 14.9. The Balaban J connectivity index is 1.82. The van der Waals surface area contributed by atoms with Crippen LogP contribution in [-0.4, -0.2) is 31.0 Å². The van der Waals surface area contributed by atoms with Crippen molar-refractivity contribution in [3.05, 3.63) is 52.2 Å². The second-order valence-electron chi connectivity index (χ2n) is 6.12. The quantitative estimate of drug-likeness (QED) is 0.821. The molecule has 0 aliphatic carbocycles. The molecule has 2 heterocycles. The molecule has 1 aliphatic rings. The minimum Gasteiger partial charge on any atom is -0.477 e. The van der Waals surface area contributed by atoms with Crippen molar-refractivity contribution in [2.45, 2.75) is 26.4 Å². The second-order valence-corrected chi connectivity index (χ2v) is 7.06. The number of anilines is 1. The Morgan fingerprint density at radius 1 is 1.35 bits per heavy atom. The van der Waals surface area contributed by atoms with E-state index in [-0.39, 0.29) is 18.4 Å². The Kier molecular flexibility index (Phi) is 5.73. The van der Waals surface area contributed by atoms with Crippen LogP contribution in [0.4, 0.5) is 5.69 Å². The molecule has 3 rings (SSSR count). The van der Waals surface area contributed by atoms with Crippen molar-refractivity contribution in [1.82, 2.24) is 5.32 Å². The molecular weight excluding hydrogens is 348 g/mol. The maximum absolute atomic E-state index is 12.8. The van der Waals surface area contributed by atoms with E-state index in [0.29, 0.717) is 18.0 Å². The van der Waals surface area contributed by atoms with Gasteiger partial charge in [0, 0.05) is 17.5 Å². The summed E-state index contributed by atoms with van der Waals surface area (Å²) in [5, 5.41) is 4.83. The zero-order chi connectivity index (χ0) is 18.5. The van der Waals surface area contributed by atoms with Crippen LogP contribution in [0.25, 0.3) is 6.08 Å². The lowest BCUT2D eigenvalue weighted by Gasteiger charge is -2.33. The summed E-state index contributed by atoms with van der Waals surface area (Å²) in [5.41, 5.74) is 1.82. The Morgan fingerprint density at radius 3 is 2.88 bits per heavy atom. The minimum atomic E-state index is -0.711. The van der Waals surface area contributed by atoms with E-state index in [1.54, 1.807) is 28.4 Å². The molecule has 0 radical (unpaired) electrons. The summed E-state index contributed by atoms with van der Waals surface area (Å²) in [4.78, 5) is 27.8. The number of hydrogen-bond donors (Lipinski definition) is 1. The Bertz CT molecular complexity index is 828. The van der Waals surface area contributed by atoms with E-state index in [0.717, 1.165) is 16.9 Å². The van der Waals surface area contributed by atoms with Crippen molar-refractivity contribution in [3.8, 4) is 5.75 Å². The predicted octanol–water partition coefficient (Wildman–Crippen LogP) is 3.39. The first kappa shape index (κ1) is 18.2. The molecule has 0 saturated heterocycles. The van der Waals surface area contributed by atoms with E-state index in [9.17, 15) is 9.59 Å². The fourth-order valence-electron chi connectivity index (χ4n) is 2.73. The molecule has 0 fully saturated rings. The molecule has 26 heavy (non-hydrogen) atoms. The van der Waals surface area contributed by atoms with E-state index < -0.39 is 6.10 Å². The number of para-hydroxylation sites is 2. The topological polar surface area (TPSA) is 58.6 Å². The first-order valence-electron chi connectivity index (χ1n) is 8.67. The van der Waals surface area contributed by atoms with Crippen molar-refractivity contribution >= 4 is 34.9 Å². The smallest absolute Gasteiger partial charge is 0.262 e. The third kappa shape index (κ3) is 3.96. The molecule has 0 spiro atoms. The molecule has 5 nitrogen and oxygen atoms in total. The normalized spacial score (nSPS) is 16.2. The van der Waals surface area contributed by atoms with Gasteiger partial charge in [0.2, 0.25) is 0 Å². The van der Waals surface area contributed by atoms with Gasteiger partial charge in [-0.05, 0) is 48.6 Å². The Labute approximate surface area is 157 Å². The highest BCUT2D eigenvalue weighted by Crippen LogP contribution is 2.33. The van der Waals surface area contributed by atoms with Crippen molar-refractivity contribution < 1.29 is 14.3 Å². The number of aryl methyl sites for hydroxylation is 1. The van der Waals surface area contributed by atoms with Gasteiger partial charge in [0.15, 0.2) is 6.10 Å². The van der Waals surface area contributed by atoms with Gasteiger partial charge < -0.3 is 15.0 Å². The van der Waals surface area contributed by atoms with E-state index in [2.05, 4.69) is 5.32 Å². The number of nitrogens with one attached hydrogen (secondary N) is 1. The molecule has 6 heteroatoms.